The largest absolute Gasteiger partial charge is 0.392 e. The lowest BCUT2D eigenvalue weighted by Gasteiger charge is -2.26. The van der Waals surface area contributed by atoms with Crippen molar-refractivity contribution in [2.75, 3.05) is 27.4 Å². The zero-order chi connectivity index (χ0) is 22.5. The Labute approximate surface area is 184 Å². The van der Waals surface area contributed by atoms with Crippen molar-refractivity contribution in [1.29, 1.82) is 0 Å². The highest BCUT2D eigenvalue weighted by Gasteiger charge is 2.22. The second kappa shape index (κ2) is 12.8. The summed E-state index contributed by atoms with van der Waals surface area (Å²) in [5, 5.41) is 3.37. The molecule has 1 fully saturated rings. The highest BCUT2D eigenvalue weighted by atomic mass is 16.7. The molecule has 0 aliphatic carbocycles. The molecule has 2 unspecified atom stereocenters. The summed E-state index contributed by atoms with van der Waals surface area (Å²) in [6, 6.07) is 0. The van der Waals surface area contributed by atoms with Crippen LogP contribution in [-0.4, -0.2) is 61.7 Å². The molecule has 8 nitrogen and oxygen atoms in total. The number of nitrogens with zero attached hydrogens (tertiary/aromatic N) is 4. The van der Waals surface area contributed by atoms with Crippen LogP contribution in [0.2, 0.25) is 0 Å². The SMILES string of the molecule is C=NOC/C=C/C=C(/C#CC(C)(/C=N\C)OC)n1ccnc1[C@H](C)OC1CCCCO1. The number of aliphatic imine (C=N–C) groups is 1. The molecule has 8 heteroatoms. The molecular weight excluding hydrogens is 396 g/mol. The minimum absolute atomic E-state index is 0.214. The number of oxime groups is 1. The van der Waals surface area contributed by atoms with Gasteiger partial charge in [0.2, 0.25) is 0 Å². The van der Waals surface area contributed by atoms with Gasteiger partial charge in [-0.05, 0) is 51.2 Å². The molecule has 2 heterocycles. The Morgan fingerprint density at radius 2 is 2.35 bits per heavy atom. The number of allylic oxidation sites excluding steroid dienone is 3. The molecule has 0 spiro atoms. The highest BCUT2D eigenvalue weighted by molar-refractivity contribution is 5.76. The second-order valence-electron chi connectivity index (χ2n) is 7.08. The normalized spacial score (nSPS) is 20.3. The summed E-state index contributed by atoms with van der Waals surface area (Å²) < 4.78 is 19.2. The number of methoxy groups -OCH3 is 1. The van der Waals surface area contributed by atoms with E-state index in [9.17, 15) is 0 Å². The van der Waals surface area contributed by atoms with E-state index in [4.69, 9.17) is 19.0 Å². The van der Waals surface area contributed by atoms with E-state index in [0.717, 1.165) is 31.7 Å². The lowest BCUT2D eigenvalue weighted by Crippen LogP contribution is -2.27. The third-order valence-electron chi connectivity index (χ3n) is 4.68. The summed E-state index contributed by atoms with van der Waals surface area (Å²) in [5.41, 5.74) is -0.116. The molecule has 1 aromatic heterocycles. The lowest BCUT2D eigenvalue weighted by atomic mass is 10.1. The first-order valence-electron chi connectivity index (χ1n) is 10.3. The summed E-state index contributed by atoms with van der Waals surface area (Å²) in [6.07, 6.45) is 13.3. The van der Waals surface area contributed by atoms with Crippen LogP contribution in [0, 0.1) is 11.8 Å². The predicted octanol–water partition coefficient (Wildman–Crippen LogP) is 3.63. The number of hydrogen-bond acceptors (Lipinski definition) is 7. The minimum atomic E-state index is -0.813. The van der Waals surface area contributed by atoms with Crippen LogP contribution in [0.25, 0.3) is 5.70 Å². The molecule has 0 saturated carbocycles. The monoisotopic (exact) mass is 428 g/mol. The van der Waals surface area contributed by atoms with Gasteiger partial charge in [0.05, 0.1) is 5.70 Å². The van der Waals surface area contributed by atoms with Gasteiger partial charge in [-0.3, -0.25) is 9.56 Å². The number of rotatable bonds is 10. The van der Waals surface area contributed by atoms with E-state index < -0.39 is 5.60 Å². The van der Waals surface area contributed by atoms with Crippen LogP contribution in [0.3, 0.4) is 0 Å². The van der Waals surface area contributed by atoms with Crippen LogP contribution in [0.5, 0.6) is 0 Å². The smallest absolute Gasteiger partial charge is 0.160 e. The molecule has 0 N–H and O–H groups in total. The topological polar surface area (TPSA) is 79.5 Å². The number of ether oxygens (including phenoxy) is 3. The van der Waals surface area contributed by atoms with Crippen molar-refractivity contribution < 1.29 is 19.0 Å². The second-order valence-corrected chi connectivity index (χ2v) is 7.08. The molecule has 1 saturated heterocycles. The van der Waals surface area contributed by atoms with Crippen molar-refractivity contribution in [3.63, 3.8) is 0 Å². The minimum Gasteiger partial charge on any atom is -0.392 e. The van der Waals surface area contributed by atoms with Gasteiger partial charge < -0.3 is 19.0 Å². The summed E-state index contributed by atoms with van der Waals surface area (Å²) in [6.45, 7) is 8.14. The van der Waals surface area contributed by atoms with Crippen LogP contribution in [0.1, 0.15) is 45.0 Å². The molecule has 0 aromatic carbocycles. The molecular formula is C23H32N4O4. The fourth-order valence-electron chi connectivity index (χ4n) is 2.99. The van der Waals surface area contributed by atoms with Gasteiger partial charge in [0.1, 0.15) is 18.5 Å². The number of hydrogen-bond donors (Lipinski definition) is 0. The van der Waals surface area contributed by atoms with E-state index in [2.05, 4.69) is 33.7 Å². The summed E-state index contributed by atoms with van der Waals surface area (Å²) in [4.78, 5) is 13.4. The van der Waals surface area contributed by atoms with Crippen LogP contribution < -0.4 is 0 Å². The van der Waals surface area contributed by atoms with Gasteiger partial charge in [0.25, 0.3) is 0 Å². The molecule has 31 heavy (non-hydrogen) atoms. The van der Waals surface area contributed by atoms with Crippen LogP contribution in [-0.2, 0) is 19.0 Å². The van der Waals surface area contributed by atoms with Gasteiger partial charge in [-0.25, -0.2) is 4.98 Å². The maximum atomic E-state index is 6.11. The quantitative estimate of drug-likeness (QED) is 0.187. The van der Waals surface area contributed by atoms with Crippen molar-refractivity contribution in [1.82, 2.24) is 9.55 Å². The van der Waals surface area contributed by atoms with Crippen LogP contribution >= 0.6 is 0 Å². The Balaban J connectivity index is 2.32. The van der Waals surface area contributed by atoms with E-state index in [1.54, 1.807) is 26.6 Å². The summed E-state index contributed by atoms with van der Waals surface area (Å²) >= 11 is 0. The van der Waals surface area contributed by atoms with Crippen molar-refractivity contribution in [3.8, 4) is 11.8 Å². The zero-order valence-corrected chi connectivity index (χ0v) is 18.8. The first-order valence-corrected chi connectivity index (χ1v) is 10.3. The Kier molecular flexibility index (Phi) is 10.2. The number of aromatic nitrogens is 2. The van der Waals surface area contributed by atoms with Crippen molar-refractivity contribution in [2.45, 2.75) is 51.1 Å². The van der Waals surface area contributed by atoms with Gasteiger partial charge in [-0.15, -0.1) is 5.16 Å². The average molecular weight is 429 g/mol. The highest BCUT2D eigenvalue weighted by Crippen LogP contribution is 2.24. The maximum absolute atomic E-state index is 6.11. The van der Waals surface area contributed by atoms with Gasteiger partial charge in [-0.2, -0.15) is 0 Å². The van der Waals surface area contributed by atoms with E-state index in [-0.39, 0.29) is 12.4 Å². The van der Waals surface area contributed by atoms with E-state index in [1.807, 2.05) is 42.8 Å². The number of imidazole rings is 1. The van der Waals surface area contributed by atoms with Crippen molar-refractivity contribution in [2.24, 2.45) is 10.1 Å². The third-order valence-corrected chi connectivity index (χ3v) is 4.68. The van der Waals surface area contributed by atoms with Crippen LogP contribution in [0.4, 0.5) is 0 Å². The molecule has 1 aliphatic heterocycles. The first-order chi connectivity index (χ1) is 15.0. The predicted molar refractivity (Wildman–Crippen MR) is 122 cm³/mol. The molecule has 168 valence electrons. The fraction of sp³-hybridized carbons (Fsp3) is 0.522. The van der Waals surface area contributed by atoms with Gasteiger partial charge in [0.15, 0.2) is 11.9 Å². The van der Waals surface area contributed by atoms with Gasteiger partial charge in [-0.1, -0.05) is 12.0 Å². The van der Waals surface area contributed by atoms with E-state index in [1.165, 1.54) is 0 Å². The fourth-order valence-corrected chi connectivity index (χ4v) is 2.99. The van der Waals surface area contributed by atoms with Crippen LogP contribution in [0.15, 0.2) is 40.8 Å². The summed E-state index contributed by atoms with van der Waals surface area (Å²) in [5.74, 6) is 7.06. The van der Waals surface area contributed by atoms with Crippen molar-refractivity contribution in [3.05, 3.63) is 36.4 Å². The van der Waals surface area contributed by atoms with Gasteiger partial charge in [0, 0.05) is 46.1 Å². The molecule has 2 rings (SSSR count). The molecule has 1 aliphatic rings. The Hall–Kier alpha value is -2.73. The molecule has 0 amide bonds. The average Bonchev–Trinajstić information content (AvgIpc) is 3.26. The van der Waals surface area contributed by atoms with Crippen molar-refractivity contribution >= 4 is 18.6 Å². The Bertz CT molecular complexity index is 843. The molecule has 1 aromatic rings. The third kappa shape index (κ3) is 7.79. The molecule has 0 radical (unpaired) electrons. The van der Waals surface area contributed by atoms with E-state index in [0.29, 0.717) is 12.3 Å². The molecule has 0 bridgehead atoms. The summed E-state index contributed by atoms with van der Waals surface area (Å²) in [7, 11) is 3.29. The Morgan fingerprint density at radius 1 is 1.52 bits per heavy atom. The zero-order valence-electron chi connectivity index (χ0n) is 18.8. The Morgan fingerprint density at radius 3 is 3.03 bits per heavy atom. The van der Waals surface area contributed by atoms with Gasteiger partial charge >= 0.3 is 0 Å². The maximum Gasteiger partial charge on any atom is 0.160 e. The standard InChI is InChI=1S/C23H32N4O4/c1-19(31-21-11-7-8-16-29-21)22-26-14-15-27(22)20(10-6-9-17-30-25-4)12-13-23(2,28-5)18-24-3/h6,9-10,14-15,18-19,21H,4,7-8,11,16-17H2,1-3,5H3/b9-6+,20-10-,24-18-/t19-,21?,23?/m0/s1. The molecule has 3 atom stereocenters. The van der Waals surface area contributed by atoms with E-state index >= 15 is 0 Å². The lowest BCUT2D eigenvalue weighted by molar-refractivity contribution is -0.187. The first kappa shape index (κ1) is 24.5.